The van der Waals surface area contributed by atoms with E-state index >= 15 is 0 Å². The van der Waals surface area contributed by atoms with Gasteiger partial charge in [0, 0.05) is 5.56 Å². The molecule has 0 heterocycles. The second kappa shape index (κ2) is 6.76. The molecule has 18 heavy (non-hydrogen) atoms. The second-order valence-electron chi connectivity index (χ2n) is 3.43. The number of hydrogen-bond acceptors (Lipinski definition) is 5. The average molecular weight is 252 g/mol. The van der Waals surface area contributed by atoms with Crippen LogP contribution in [0.5, 0.6) is 0 Å². The van der Waals surface area contributed by atoms with Gasteiger partial charge in [-0.15, -0.1) is 0 Å². The number of aliphatic hydroxyl groups is 1. The van der Waals surface area contributed by atoms with Crippen LogP contribution in [-0.2, 0) is 16.1 Å². The van der Waals surface area contributed by atoms with Gasteiger partial charge in [0.05, 0.1) is 30.9 Å². The minimum absolute atomic E-state index is 0.185. The first kappa shape index (κ1) is 14.2. The lowest BCUT2D eigenvalue weighted by Gasteiger charge is -2.11. The van der Waals surface area contributed by atoms with E-state index in [1.54, 1.807) is 19.9 Å². The zero-order chi connectivity index (χ0) is 13.5. The van der Waals surface area contributed by atoms with Crippen LogP contribution < -0.4 is 0 Å². The highest BCUT2D eigenvalue weighted by atomic mass is 16.5. The van der Waals surface area contributed by atoms with E-state index in [1.165, 1.54) is 12.1 Å². The highest BCUT2D eigenvalue weighted by Gasteiger charge is 2.19. The molecule has 1 rings (SSSR count). The van der Waals surface area contributed by atoms with E-state index in [0.717, 1.165) is 0 Å². The van der Waals surface area contributed by atoms with Crippen LogP contribution in [0.3, 0.4) is 0 Å². The molecule has 0 saturated carbocycles. The Balaban J connectivity index is 3.17. The lowest BCUT2D eigenvalue weighted by atomic mass is 10.0. The summed E-state index contributed by atoms with van der Waals surface area (Å²) in [5.41, 5.74) is 0.601. The van der Waals surface area contributed by atoms with Crippen molar-refractivity contribution in [2.75, 3.05) is 13.2 Å². The fourth-order valence-corrected chi connectivity index (χ4v) is 1.56. The zero-order valence-electron chi connectivity index (χ0n) is 10.4. The second-order valence-corrected chi connectivity index (χ2v) is 3.43. The van der Waals surface area contributed by atoms with Crippen LogP contribution in [0.25, 0.3) is 0 Å². The third-order valence-corrected chi connectivity index (χ3v) is 2.32. The maximum Gasteiger partial charge on any atom is 0.338 e. The van der Waals surface area contributed by atoms with Gasteiger partial charge >= 0.3 is 11.9 Å². The molecule has 0 bridgehead atoms. The molecule has 0 aliphatic rings. The number of benzene rings is 1. The Morgan fingerprint density at radius 2 is 1.50 bits per heavy atom. The lowest BCUT2D eigenvalue weighted by molar-refractivity contribution is 0.0518. The van der Waals surface area contributed by atoms with E-state index < -0.39 is 18.5 Å². The van der Waals surface area contributed by atoms with Gasteiger partial charge in [0.1, 0.15) is 0 Å². The van der Waals surface area contributed by atoms with Crippen LogP contribution in [0.1, 0.15) is 40.1 Å². The first-order valence-electron chi connectivity index (χ1n) is 5.72. The van der Waals surface area contributed by atoms with Crippen LogP contribution in [0.4, 0.5) is 0 Å². The number of carbonyl (C=O) groups excluding carboxylic acids is 2. The van der Waals surface area contributed by atoms with Gasteiger partial charge in [-0.2, -0.15) is 0 Å². The molecule has 5 nitrogen and oxygen atoms in total. The Morgan fingerprint density at radius 3 is 1.83 bits per heavy atom. The van der Waals surface area contributed by atoms with Crippen LogP contribution in [0, 0.1) is 0 Å². The Bertz CT molecular complexity index is 403. The Labute approximate surface area is 105 Å². The van der Waals surface area contributed by atoms with Crippen molar-refractivity contribution in [2.45, 2.75) is 20.5 Å². The smallest absolute Gasteiger partial charge is 0.338 e. The van der Waals surface area contributed by atoms with Gasteiger partial charge in [-0.05, 0) is 26.0 Å². The molecule has 98 valence electrons. The summed E-state index contributed by atoms with van der Waals surface area (Å²) in [6.07, 6.45) is 0. The molecule has 0 unspecified atom stereocenters. The summed E-state index contributed by atoms with van der Waals surface area (Å²) in [5.74, 6) is -1.12. The number of carbonyl (C=O) groups is 2. The number of aliphatic hydroxyl groups excluding tert-OH is 1. The topological polar surface area (TPSA) is 72.8 Å². The van der Waals surface area contributed by atoms with Crippen molar-refractivity contribution in [1.82, 2.24) is 0 Å². The SMILES string of the molecule is CCOC(=O)c1cccc(C(=O)OCC)c1CO. The monoisotopic (exact) mass is 252 g/mol. The molecule has 0 saturated heterocycles. The van der Waals surface area contributed by atoms with Gasteiger partial charge in [-0.1, -0.05) is 6.07 Å². The maximum atomic E-state index is 11.7. The van der Waals surface area contributed by atoms with E-state index in [1.807, 2.05) is 0 Å². The number of rotatable bonds is 5. The first-order valence-corrected chi connectivity index (χ1v) is 5.72. The summed E-state index contributed by atoms with van der Waals surface area (Å²) < 4.78 is 9.73. The number of hydrogen-bond donors (Lipinski definition) is 1. The first-order chi connectivity index (χ1) is 8.65. The van der Waals surface area contributed by atoms with Gasteiger partial charge in [-0.3, -0.25) is 0 Å². The molecule has 0 aliphatic heterocycles. The van der Waals surface area contributed by atoms with Crippen molar-refractivity contribution < 1.29 is 24.2 Å². The third-order valence-electron chi connectivity index (χ3n) is 2.32. The summed E-state index contributed by atoms with van der Waals surface area (Å²) in [6, 6.07) is 4.57. The number of esters is 2. The Morgan fingerprint density at radius 1 is 1.06 bits per heavy atom. The summed E-state index contributed by atoms with van der Waals surface area (Å²) in [4.78, 5) is 23.3. The van der Waals surface area contributed by atoms with Crippen molar-refractivity contribution in [1.29, 1.82) is 0 Å². The van der Waals surface area contributed by atoms with Gasteiger partial charge in [0.2, 0.25) is 0 Å². The molecule has 0 atom stereocenters. The molecule has 0 aromatic heterocycles. The van der Waals surface area contributed by atoms with Crippen molar-refractivity contribution in [3.05, 3.63) is 34.9 Å². The maximum absolute atomic E-state index is 11.7. The minimum Gasteiger partial charge on any atom is -0.462 e. The van der Waals surface area contributed by atoms with E-state index in [4.69, 9.17) is 9.47 Å². The summed E-state index contributed by atoms with van der Waals surface area (Å²) in [5, 5.41) is 9.32. The molecule has 1 N–H and O–H groups in total. The third kappa shape index (κ3) is 3.07. The van der Waals surface area contributed by atoms with E-state index in [9.17, 15) is 14.7 Å². The fourth-order valence-electron chi connectivity index (χ4n) is 1.56. The fraction of sp³-hybridized carbons (Fsp3) is 0.385. The van der Waals surface area contributed by atoms with E-state index in [-0.39, 0.29) is 29.9 Å². The quantitative estimate of drug-likeness (QED) is 0.804. The van der Waals surface area contributed by atoms with Crippen molar-refractivity contribution in [3.63, 3.8) is 0 Å². The highest BCUT2D eigenvalue weighted by Crippen LogP contribution is 2.17. The van der Waals surface area contributed by atoms with Crippen LogP contribution in [0.2, 0.25) is 0 Å². The molecule has 0 aliphatic carbocycles. The van der Waals surface area contributed by atoms with Crippen molar-refractivity contribution in [2.24, 2.45) is 0 Å². The van der Waals surface area contributed by atoms with Gasteiger partial charge in [0.15, 0.2) is 0 Å². The predicted octanol–water partition coefficient (Wildman–Crippen LogP) is 1.53. The molecule has 0 fully saturated rings. The van der Waals surface area contributed by atoms with E-state index in [2.05, 4.69) is 0 Å². The predicted molar refractivity (Wildman–Crippen MR) is 64.3 cm³/mol. The highest BCUT2D eigenvalue weighted by molar-refractivity contribution is 5.98. The van der Waals surface area contributed by atoms with Crippen LogP contribution >= 0.6 is 0 Å². The average Bonchev–Trinajstić information content (AvgIpc) is 2.38. The largest absolute Gasteiger partial charge is 0.462 e. The lowest BCUT2D eigenvalue weighted by Crippen LogP contribution is -2.14. The van der Waals surface area contributed by atoms with Crippen LogP contribution in [-0.4, -0.2) is 30.3 Å². The normalized spacial score (nSPS) is 9.94. The van der Waals surface area contributed by atoms with Crippen LogP contribution in [0.15, 0.2) is 18.2 Å². The summed E-state index contributed by atoms with van der Waals surface area (Å²) >= 11 is 0. The molecule has 5 heteroatoms. The molecule has 0 radical (unpaired) electrons. The van der Waals surface area contributed by atoms with Crippen molar-refractivity contribution in [3.8, 4) is 0 Å². The Kier molecular flexibility index (Phi) is 5.32. The van der Waals surface area contributed by atoms with Gasteiger partial charge < -0.3 is 14.6 Å². The molecule has 1 aromatic carbocycles. The molecular weight excluding hydrogens is 236 g/mol. The standard InChI is InChI=1S/C13H16O5/c1-3-17-12(15)9-6-5-7-10(11(9)8-14)13(16)18-4-2/h5-7,14H,3-4,8H2,1-2H3. The molecule has 1 aromatic rings. The summed E-state index contributed by atoms with van der Waals surface area (Å²) in [7, 11) is 0. The van der Waals surface area contributed by atoms with Gasteiger partial charge in [0.25, 0.3) is 0 Å². The molecular formula is C13H16O5. The zero-order valence-corrected chi connectivity index (χ0v) is 10.4. The van der Waals surface area contributed by atoms with E-state index in [0.29, 0.717) is 0 Å². The minimum atomic E-state index is -0.562. The molecule has 0 spiro atoms. The summed E-state index contributed by atoms with van der Waals surface area (Å²) in [6.45, 7) is 3.40. The number of ether oxygens (including phenoxy) is 2. The van der Waals surface area contributed by atoms with Gasteiger partial charge in [-0.25, -0.2) is 9.59 Å². The Hall–Kier alpha value is -1.88. The molecule has 0 amide bonds. The van der Waals surface area contributed by atoms with Crippen molar-refractivity contribution >= 4 is 11.9 Å².